The summed E-state index contributed by atoms with van der Waals surface area (Å²) in [7, 11) is 1.74. The van der Waals surface area contributed by atoms with Gasteiger partial charge in [-0.3, -0.25) is 4.99 Å². The quantitative estimate of drug-likeness (QED) is 0.520. The second kappa shape index (κ2) is 10.4. The summed E-state index contributed by atoms with van der Waals surface area (Å²) < 4.78 is 5.52. The maximum absolute atomic E-state index is 5.52. The highest BCUT2D eigenvalue weighted by Gasteiger charge is 2.24. The Balaban J connectivity index is 1.52. The van der Waals surface area contributed by atoms with Crippen molar-refractivity contribution in [2.75, 3.05) is 44.7 Å². The van der Waals surface area contributed by atoms with Gasteiger partial charge in [-0.15, -0.1) is 11.3 Å². The Morgan fingerprint density at radius 1 is 1.29 bits per heavy atom. The average Bonchev–Trinajstić information content (AvgIpc) is 3.42. The number of hydrogen-bond donors (Lipinski definition) is 2. The van der Waals surface area contributed by atoms with Crippen LogP contribution in [-0.4, -0.2) is 45.8 Å². The van der Waals surface area contributed by atoms with Crippen molar-refractivity contribution in [3.05, 3.63) is 46.7 Å². The molecular weight excluding hydrogens is 368 g/mol. The van der Waals surface area contributed by atoms with Gasteiger partial charge in [0.2, 0.25) is 0 Å². The summed E-state index contributed by atoms with van der Waals surface area (Å²) >= 11 is 1.81. The molecule has 5 nitrogen and oxygen atoms in total. The van der Waals surface area contributed by atoms with Crippen LogP contribution in [0.3, 0.4) is 0 Å². The molecule has 0 radical (unpaired) electrons. The normalized spacial score (nSPS) is 18.2. The molecule has 1 aromatic carbocycles. The first-order valence-corrected chi connectivity index (χ1v) is 11.0. The molecule has 6 heteroatoms. The van der Waals surface area contributed by atoms with Gasteiger partial charge in [0.1, 0.15) is 5.75 Å². The lowest BCUT2D eigenvalue weighted by Crippen LogP contribution is -2.40. The van der Waals surface area contributed by atoms with Gasteiger partial charge in [0, 0.05) is 37.0 Å². The molecule has 1 aliphatic heterocycles. The van der Waals surface area contributed by atoms with Crippen molar-refractivity contribution >= 4 is 23.0 Å². The average molecular weight is 401 g/mol. The van der Waals surface area contributed by atoms with Crippen molar-refractivity contribution in [3.8, 4) is 5.75 Å². The summed E-state index contributed by atoms with van der Waals surface area (Å²) in [6.45, 7) is 9.06. The molecule has 1 saturated heterocycles. The van der Waals surface area contributed by atoms with Crippen LogP contribution < -0.4 is 20.3 Å². The Kier molecular flexibility index (Phi) is 7.60. The maximum Gasteiger partial charge on any atom is 0.191 e. The fourth-order valence-electron chi connectivity index (χ4n) is 3.58. The van der Waals surface area contributed by atoms with Gasteiger partial charge in [-0.2, -0.15) is 0 Å². The van der Waals surface area contributed by atoms with Crippen LogP contribution in [0.4, 0.5) is 5.69 Å². The number of anilines is 1. The van der Waals surface area contributed by atoms with E-state index < -0.39 is 0 Å². The molecule has 0 aliphatic carbocycles. The maximum atomic E-state index is 5.52. The van der Waals surface area contributed by atoms with Gasteiger partial charge in [0.15, 0.2) is 5.96 Å². The molecule has 3 rings (SSSR count). The highest BCUT2D eigenvalue weighted by Crippen LogP contribution is 2.31. The summed E-state index contributed by atoms with van der Waals surface area (Å²) in [4.78, 5) is 8.62. The van der Waals surface area contributed by atoms with Gasteiger partial charge < -0.3 is 20.3 Å². The van der Waals surface area contributed by atoms with Crippen LogP contribution in [0.2, 0.25) is 0 Å². The van der Waals surface area contributed by atoms with E-state index >= 15 is 0 Å². The van der Waals surface area contributed by atoms with Crippen LogP contribution in [-0.2, 0) is 0 Å². The van der Waals surface area contributed by atoms with E-state index in [1.165, 1.54) is 17.0 Å². The Morgan fingerprint density at radius 2 is 2.14 bits per heavy atom. The third-order valence-electron chi connectivity index (χ3n) is 5.17. The minimum atomic E-state index is 0.447. The molecular formula is C22H32N4OS. The zero-order valence-electron chi connectivity index (χ0n) is 17.1. The Labute approximate surface area is 172 Å². The van der Waals surface area contributed by atoms with Gasteiger partial charge in [0.25, 0.3) is 0 Å². The van der Waals surface area contributed by atoms with Crippen LogP contribution in [0.1, 0.15) is 31.1 Å². The molecule has 0 saturated carbocycles. The van der Waals surface area contributed by atoms with E-state index in [4.69, 9.17) is 9.73 Å². The highest BCUT2D eigenvalue weighted by molar-refractivity contribution is 7.10. The zero-order chi connectivity index (χ0) is 19.8. The van der Waals surface area contributed by atoms with E-state index in [0.717, 1.165) is 44.4 Å². The second-order valence-corrected chi connectivity index (χ2v) is 8.27. The topological polar surface area (TPSA) is 48.9 Å². The lowest BCUT2D eigenvalue weighted by atomic mass is 10.1. The number of aliphatic imine (C=N–C) groups is 1. The molecule has 1 fully saturated rings. The first-order chi connectivity index (χ1) is 13.7. The molecule has 2 aromatic rings. The lowest BCUT2D eigenvalue weighted by molar-refractivity contribution is 0.414. The third-order valence-corrected chi connectivity index (χ3v) is 6.27. The van der Waals surface area contributed by atoms with Gasteiger partial charge in [-0.25, -0.2) is 0 Å². The molecule has 28 heavy (non-hydrogen) atoms. The fourth-order valence-corrected chi connectivity index (χ4v) is 4.36. The van der Waals surface area contributed by atoms with Crippen LogP contribution in [0, 0.1) is 5.92 Å². The predicted octanol–water partition coefficient (Wildman–Crippen LogP) is 3.94. The van der Waals surface area contributed by atoms with Crippen molar-refractivity contribution in [1.29, 1.82) is 0 Å². The van der Waals surface area contributed by atoms with Gasteiger partial charge in [0.05, 0.1) is 19.3 Å². The molecule has 2 unspecified atom stereocenters. The first-order valence-electron chi connectivity index (χ1n) is 10.1. The SMILES string of the molecule is CCNC(=NCC(C)c1cccs1)NCC1CCN(c2ccccc2OC)C1. The molecule has 2 heterocycles. The van der Waals surface area contributed by atoms with Crippen molar-refractivity contribution in [3.63, 3.8) is 0 Å². The minimum absolute atomic E-state index is 0.447. The Morgan fingerprint density at radius 3 is 2.89 bits per heavy atom. The van der Waals surface area contributed by atoms with E-state index in [1.807, 2.05) is 12.1 Å². The highest BCUT2D eigenvalue weighted by atomic mass is 32.1. The lowest BCUT2D eigenvalue weighted by Gasteiger charge is -2.21. The number of benzene rings is 1. The van der Waals surface area contributed by atoms with E-state index in [2.05, 4.69) is 59.0 Å². The number of hydrogen-bond acceptors (Lipinski definition) is 4. The van der Waals surface area contributed by atoms with Crippen LogP contribution >= 0.6 is 11.3 Å². The number of methoxy groups -OCH3 is 1. The molecule has 0 amide bonds. The molecule has 0 spiro atoms. The Bertz CT molecular complexity index is 747. The fraction of sp³-hybridized carbons (Fsp3) is 0.500. The molecule has 0 bridgehead atoms. The first kappa shape index (κ1) is 20.5. The van der Waals surface area contributed by atoms with Crippen LogP contribution in [0.5, 0.6) is 5.75 Å². The van der Waals surface area contributed by atoms with Crippen LogP contribution in [0.15, 0.2) is 46.8 Å². The minimum Gasteiger partial charge on any atom is -0.495 e. The number of rotatable bonds is 8. The van der Waals surface area contributed by atoms with E-state index in [-0.39, 0.29) is 0 Å². The number of nitrogens with zero attached hydrogens (tertiary/aromatic N) is 2. The molecule has 2 N–H and O–H groups in total. The van der Waals surface area contributed by atoms with E-state index in [0.29, 0.717) is 11.8 Å². The largest absolute Gasteiger partial charge is 0.495 e. The second-order valence-electron chi connectivity index (χ2n) is 7.29. The van der Waals surface area contributed by atoms with Crippen molar-refractivity contribution in [1.82, 2.24) is 10.6 Å². The third kappa shape index (κ3) is 5.41. The molecule has 1 aromatic heterocycles. The number of para-hydroxylation sites is 2. The molecule has 2 atom stereocenters. The number of guanidine groups is 1. The number of thiophene rings is 1. The van der Waals surface area contributed by atoms with Crippen LogP contribution in [0.25, 0.3) is 0 Å². The summed E-state index contributed by atoms with van der Waals surface area (Å²) in [6.07, 6.45) is 1.18. The summed E-state index contributed by atoms with van der Waals surface area (Å²) in [6, 6.07) is 12.6. The van der Waals surface area contributed by atoms with E-state index in [1.54, 1.807) is 18.4 Å². The van der Waals surface area contributed by atoms with Gasteiger partial charge >= 0.3 is 0 Å². The molecule has 1 aliphatic rings. The smallest absolute Gasteiger partial charge is 0.191 e. The number of ether oxygens (including phenoxy) is 1. The van der Waals surface area contributed by atoms with Gasteiger partial charge in [-0.1, -0.05) is 25.1 Å². The van der Waals surface area contributed by atoms with Gasteiger partial charge in [-0.05, 0) is 42.8 Å². The van der Waals surface area contributed by atoms with Crippen molar-refractivity contribution < 1.29 is 4.74 Å². The summed E-state index contributed by atoms with van der Waals surface area (Å²) in [5.74, 6) is 2.92. The zero-order valence-corrected chi connectivity index (χ0v) is 18.0. The monoisotopic (exact) mass is 400 g/mol. The number of nitrogens with one attached hydrogen (secondary N) is 2. The predicted molar refractivity (Wildman–Crippen MR) is 120 cm³/mol. The van der Waals surface area contributed by atoms with Crippen molar-refractivity contribution in [2.24, 2.45) is 10.9 Å². The summed E-state index contributed by atoms with van der Waals surface area (Å²) in [5.41, 5.74) is 1.19. The van der Waals surface area contributed by atoms with Crippen molar-refractivity contribution in [2.45, 2.75) is 26.2 Å². The summed E-state index contributed by atoms with van der Waals surface area (Å²) in [5, 5.41) is 9.06. The standard InChI is InChI=1S/C22H32N4OS/c1-4-23-22(24-14-17(2)21-10-7-13-28-21)25-15-18-11-12-26(16-18)19-8-5-6-9-20(19)27-3/h5-10,13,17-18H,4,11-12,14-16H2,1-3H3,(H2,23,24,25). The molecule has 152 valence electrons. The van der Waals surface area contributed by atoms with E-state index in [9.17, 15) is 0 Å². The Hall–Kier alpha value is -2.21.